The molecule has 1 aliphatic rings. The van der Waals surface area contributed by atoms with Gasteiger partial charge >= 0.3 is 5.97 Å². The number of carbonyl (C=O) groups excluding carboxylic acids is 2. The second-order valence-corrected chi connectivity index (χ2v) is 6.13. The van der Waals surface area contributed by atoms with Crippen molar-refractivity contribution >= 4 is 22.6 Å². The number of fused-ring (bicyclic) bond motifs is 1. The lowest BCUT2D eigenvalue weighted by Gasteiger charge is -2.13. The average molecular weight is 327 g/mol. The van der Waals surface area contributed by atoms with Crippen LogP contribution in [0.1, 0.15) is 30.1 Å². The summed E-state index contributed by atoms with van der Waals surface area (Å²) in [5.74, 6) is 0.483. The van der Waals surface area contributed by atoms with Crippen LogP contribution in [-0.2, 0) is 9.53 Å². The van der Waals surface area contributed by atoms with Gasteiger partial charge in [0.2, 0.25) is 0 Å². The molecule has 0 aromatic heterocycles. The summed E-state index contributed by atoms with van der Waals surface area (Å²) in [4.78, 5) is 24.2. The van der Waals surface area contributed by atoms with E-state index in [0.717, 1.165) is 23.6 Å². The molecule has 3 rings (SSSR count). The highest BCUT2D eigenvalue weighted by Gasteiger charge is 2.29. The summed E-state index contributed by atoms with van der Waals surface area (Å²) in [7, 11) is 1.59. The van der Waals surface area contributed by atoms with E-state index in [2.05, 4.69) is 5.32 Å². The van der Waals surface area contributed by atoms with Crippen LogP contribution >= 0.6 is 0 Å². The van der Waals surface area contributed by atoms with Crippen LogP contribution in [0, 0.1) is 5.92 Å². The maximum Gasteiger partial charge on any atom is 0.339 e. The maximum absolute atomic E-state index is 12.4. The predicted octanol–water partition coefficient (Wildman–Crippen LogP) is 2.92. The van der Waals surface area contributed by atoms with Gasteiger partial charge in [-0.05, 0) is 43.2 Å². The Bertz CT molecular complexity index is 767. The third kappa shape index (κ3) is 3.50. The average Bonchev–Trinajstić information content (AvgIpc) is 3.43. The molecule has 1 N–H and O–H groups in total. The minimum Gasteiger partial charge on any atom is -0.496 e. The van der Waals surface area contributed by atoms with Crippen molar-refractivity contribution in [2.24, 2.45) is 5.92 Å². The van der Waals surface area contributed by atoms with E-state index in [4.69, 9.17) is 9.47 Å². The zero-order chi connectivity index (χ0) is 17.1. The van der Waals surface area contributed by atoms with Gasteiger partial charge in [-0.1, -0.05) is 24.3 Å². The van der Waals surface area contributed by atoms with E-state index in [9.17, 15) is 9.59 Å². The van der Waals surface area contributed by atoms with Crippen molar-refractivity contribution < 1.29 is 19.1 Å². The lowest BCUT2D eigenvalue weighted by Crippen LogP contribution is -2.37. The molecule has 0 aliphatic heterocycles. The molecule has 1 fully saturated rings. The minimum atomic E-state index is -0.511. The molecular formula is C19H21NO4. The summed E-state index contributed by atoms with van der Waals surface area (Å²) in [6.07, 6.45) is 2.30. The molecule has 0 heterocycles. The normalized spacial score (nSPS) is 14.9. The molecule has 1 atom stereocenters. The first kappa shape index (κ1) is 16.3. The summed E-state index contributed by atoms with van der Waals surface area (Å²) in [6.45, 7) is 1.71. The molecule has 1 amide bonds. The van der Waals surface area contributed by atoms with Crippen LogP contribution in [0.2, 0.25) is 0 Å². The van der Waals surface area contributed by atoms with Crippen molar-refractivity contribution in [2.45, 2.75) is 25.8 Å². The molecule has 0 bridgehead atoms. The van der Waals surface area contributed by atoms with Crippen LogP contribution in [-0.4, -0.2) is 31.6 Å². The number of rotatable bonds is 6. The van der Waals surface area contributed by atoms with Gasteiger partial charge in [-0.2, -0.15) is 0 Å². The lowest BCUT2D eigenvalue weighted by atomic mass is 10.0. The highest BCUT2D eigenvalue weighted by Crippen LogP contribution is 2.32. The van der Waals surface area contributed by atoms with Crippen molar-refractivity contribution in [2.75, 3.05) is 13.7 Å². The quantitative estimate of drug-likeness (QED) is 0.829. The summed E-state index contributed by atoms with van der Waals surface area (Å²) in [5, 5.41) is 4.45. The first-order chi connectivity index (χ1) is 11.6. The fourth-order valence-corrected chi connectivity index (χ4v) is 2.85. The Hall–Kier alpha value is -2.56. The first-order valence-corrected chi connectivity index (χ1v) is 8.12. The van der Waals surface area contributed by atoms with Crippen molar-refractivity contribution in [3.8, 4) is 5.75 Å². The topological polar surface area (TPSA) is 64.6 Å². The first-order valence-electron chi connectivity index (χ1n) is 8.12. The fraction of sp³-hybridized carbons (Fsp3) is 0.368. The largest absolute Gasteiger partial charge is 0.496 e. The predicted molar refractivity (Wildman–Crippen MR) is 91.1 cm³/mol. The van der Waals surface area contributed by atoms with Crippen molar-refractivity contribution in [1.82, 2.24) is 5.32 Å². The Kier molecular flexibility index (Phi) is 4.69. The van der Waals surface area contributed by atoms with Gasteiger partial charge in [0.1, 0.15) is 5.75 Å². The van der Waals surface area contributed by atoms with E-state index in [1.54, 1.807) is 19.2 Å². The Labute approximate surface area is 140 Å². The molecule has 1 saturated carbocycles. The molecule has 2 aromatic rings. The number of carbonyl (C=O) groups is 2. The Balaban J connectivity index is 1.69. The van der Waals surface area contributed by atoms with Gasteiger partial charge in [-0.25, -0.2) is 4.79 Å². The van der Waals surface area contributed by atoms with Gasteiger partial charge in [0, 0.05) is 11.4 Å². The molecule has 0 unspecified atom stereocenters. The zero-order valence-electron chi connectivity index (χ0n) is 13.9. The Morgan fingerprint density at radius 3 is 2.54 bits per heavy atom. The monoisotopic (exact) mass is 327 g/mol. The van der Waals surface area contributed by atoms with E-state index >= 15 is 0 Å². The van der Waals surface area contributed by atoms with Crippen molar-refractivity contribution in [3.05, 3.63) is 42.0 Å². The highest BCUT2D eigenvalue weighted by atomic mass is 16.5. The van der Waals surface area contributed by atoms with E-state index in [1.807, 2.05) is 31.2 Å². The minimum absolute atomic E-state index is 0.137. The number of benzene rings is 2. The third-order valence-corrected chi connectivity index (χ3v) is 4.38. The van der Waals surface area contributed by atoms with Crippen LogP contribution in [0.15, 0.2) is 36.4 Å². The lowest BCUT2D eigenvalue weighted by molar-refractivity contribution is -0.124. The maximum atomic E-state index is 12.4. The van der Waals surface area contributed by atoms with E-state index < -0.39 is 5.97 Å². The summed E-state index contributed by atoms with van der Waals surface area (Å²) < 4.78 is 10.5. The van der Waals surface area contributed by atoms with Gasteiger partial charge in [0.15, 0.2) is 6.61 Å². The summed E-state index contributed by atoms with van der Waals surface area (Å²) >= 11 is 0. The number of hydrogen-bond donors (Lipinski definition) is 1. The number of hydrogen-bond acceptors (Lipinski definition) is 4. The second-order valence-electron chi connectivity index (χ2n) is 6.13. The Morgan fingerprint density at radius 2 is 1.88 bits per heavy atom. The molecule has 5 nitrogen and oxygen atoms in total. The van der Waals surface area contributed by atoms with Gasteiger partial charge < -0.3 is 14.8 Å². The number of ether oxygens (including phenoxy) is 2. The summed E-state index contributed by atoms with van der Waals surface area (Å²) in [6, 6.07) is 11.0. The summed E-state index contributed by atoms with van der Waals surface area (Å²) in [5.41, 5.74) is 0.425. The Morgan fingerprint density at radius 1 is 1.17 bits per heavy atom. The molecule has 2 aromatic carbocycles. The third-order valence-electron chi connectivity index (χ3n) is 4.38. The molecule has 5 heteroatoms. The molecular weight excluding hydrogens is 306 g/mol. The van der Waals surface area contributed by atoms with Crippen molar-refractivity contribution in [3.63, 3.8) is 0 Å². The van der Waals surface area contributed by atoms with Gasteiger partial charge in [-0.3, -0.25) is 4.79 Å². The highest BCUT2D eigenvalue weighted by molar-refractivity contribution is 6.06. The van der Waals surface area contributed by atoms with E-state index in [1.165, 1.54) is 0 Å². The molecule has 126 valence electrons. The molecule has 1 aliphatic carbocycles. The zero-order valence-corrected chi connectivity index (χ0v) is 13.9. The molecule has 0 spiro atoms. The SMILES string of the molecule is COc1ccc(C(=O)OCC(=O)N[C@H](C)C2CC2)c2ccccc12. The standard InChI is InChI=1S/C19H21NO4/c1-12(13-7-8-13)20-18(21)11-24-19(22)16-9-10-17(23-2)15-6-4-3-5-14(15)16/h3-6,9-10,12-13H,7-8,11H2,1-2H3,(H,20,21)/t12-/m1/s1. The number of esters is 1. The van der Waals surface area contributed by atoms with Crippen LogP contribution in [0.4, 0.5) is 0 Å². The van der Waals surface area contributed by atoms with E-state index in [0.29, 0.717) is 17.2 Å². The number of methoxy groups -OCH3 is 1. The fourth-order valence-electron chi connectivity index (χ4n) is 2.85. The van der Waals surface area contributed by atoms with Crippen LogP contribution in [0.3, 0.4) is 0 Å². The molecule has 0 saturated heterocycles. The number of amides is 1. The van der Waals surface area contributed by atoms with Crippen LogP contribution in [0.5, 0.6) is 5.75 Å². The molecule has 0 radical (unpaired) electrons. The number of nitrogens with one attached hydrogen (secondary N) is 1. The van der Waals surface area contributed by atoms with Gasteiger partial charge in [0.25, 0.3) is 5.91 Å². The molecule has 24 heavy (non-hydrogen) atoms. The smallest absolute Gasteiger partial charge is 0.339 e. The van der Waals surface area contributed by atoms with Crippen LogP contribution < -0.4 is 10.1 Å². The second kappa shape index (κ2) is 6.91. The van der Waals surface area contributed by atoms with Gasteiger partial charge in [0.05, 0.1) is 12.7 Å². The van der Waals surface area contributed by atoms with E-state index in [-0.39, 0.29) is 18.6 Å². The van der Waals surface area contributed by atoms with Gasteiger partial charge in [-0.15, -0.1) is 0 Å². The van der Waals surface area contributed by atoms with Crippen LogP contribution in [0.25, 0.3) is 10.8 Å². The van der Waals surface area contributed by atoms with Crippen molar-refractivity contribution in [1.29, 1.82) is 0 Å².